The Morgan fingerprint density at radius 3 is 1.80 bits per heavy atom. The normalized spacial score (nSPS) is 5.00. The van der Waals surface area contributed by atoms with Crippen molar-refractivity contribution >= 4 is 41.2 Å². The summed E-state index contributed by atoms with van der Waals surface area (Å²) < 4.78 is 0. The Balaban J connectivity index is 0. The number of hydrogen-bond acceptors (Lipinski definition) is 1. The third kappa shape index (κ3) is 71.5. The summed E-state index contributed by atoms with van der Waals surface area (Å²) in [6.45, 7) is 1.45. The van der Waals surface area contributed by atoms with Crippen LogP contribution in [0.4, 0.5) is 0 Å². The minimum absolute atomic E-state index is 0. The van der Waals surface area contributed by atoms with Crippen LogP contribution in [0.2, 0.25) is 0 Å². The summed E-state index contributed by atoms with van der Waals surface area (Å²) in [5.41, 5.74) is 0. The van der Waals surface area contributed by atoms with Crippen LogP contribution in [0.5, 0.6) is 0 Å². The van der Waals surface area contributed by atoms with E-state index in [1.54, 1.807) is 0 Å². The van der Waals surface area contributed by atoms with Gasteiger partial charge in [0.25, 0.3) is 0 Å². The quantitative estimate of drug-likeness (QED) is 0.434. The van der Waals surface area contributed by atoms with Crippen LogP contribution >= 0.6 is 12.2 Å². The monoisotopic (exact) mass is 198 g/mol. The van der Waals surface area contributed by atoms with Crippen LogP contribution in [-0.2, 0) is 0 Å². The van der Waals surface area contributed by atoms with Crippen LogP contribution in [0.15, 0.2) is 0 Å². The van der Waals surface area contributed by atoms with Gasteiger partial charge in [-0.05, 0) is 12.2 Å². The topological polar surface area (TPSA) is 20.2 Å². The van der Waals surface area contributed by atoms with Gasteiger partial charge >= 0.3 is 23.9 Å². The molecule has 0 saturated heterocycles. The van der Waals surface area contributed by atoms with Crippen molar-refractivity contribution in [1.29, 1.82) is 0 Å². The van der Waals surface area contributed by atoms with Gasteiger partial charge in [-0.1, -0.05) is 0 Å². The second kappa shape index (κ2) is 4.69. The van der Waals surface area contributed by atoms with Gasteiger partial charge < -0.3 is 5.11 Å². The molecule has 0 aromatic rings. The zero-order valence-electron chi connectivity index (χ0n) is 3.06. The zero-order chi connectivity index (χ0) is 3.58. The molecule has 0 aromatic heterocycles. The Hall–Kier alpha value is 0.689. The van der Waals surface area contributed by atoms with Crippen LogP contribution in [0.1, 0.15) is 6.92 Å². The molecule has 0 bridgehead atoms. The molecule has 0 aliphatic carbocycles. The van der Waals surface area contributed by atoms with E-state index in [0.29, 0.717) is 0 Å². The van der Waals surface area contributed by atoms with Gasteiger partial charge in [0.1, 0.15) is 0 Å². The van der Waals surface area contributed by atoms with Crippen LogP contribution in [0, 0.1) is 0 Å². The molecule has 0 aromatic carbocycles. The minimum atomic E-state index is 0. The Morgan fingerprint density at radius 1 is 1.80 bits per heavy atom. The Morgan fingerprint density at radius 2 is 1.80 bits per heavy atom. The molecule has 1 N–H and O–H groups in total. The van der Waals surface area contributed by atoms with Gasteiger partial charge in [0.15, 0.2) is 5.05 Å². The van der Waals surface area contributed by atoms with Crippen molar-refractivity contribution in [3.8, 4) is 0 Å². The maximum atomic E-state index is 7.79. The van der Waals surface area contributed by atoms with E-state index in [1.165, 1.54) is 6.92 Å². The van der Waals surface area contributed by atoms with Crippen molar-refractivity contribution in [2.75, 3.05) is 0 Å². The first-order chi connectivity index (χ1) is 1.73. The van der Waals surface area contributed by atoms with Crippen molar-refractivity contribution in [1.82, 2.24) is 0 Å². The molecule has 0 saturated carbocycles. The number of aliphatic hydroxyl groups excluding tert-OH is 1. The summed E-state index contributed by atoms with van der Waals surface area (Å²) in [5.74, 6) is 0. The van der Waals surface area contributed by atoms with E-state index in [-0.39, 0.29) is 29.0 Å². The predicted octanol–water partition coefficient (Wildman–Crippen LogP) is -0.0245. The van der Waals surface area contributed by atoms with Crippen molar-refractivity contribution in [2.45, 2.75) is 6.92 Å². The van der Waals surface area contributed by atoms with Gasteiger partial charge in [-0.2, -0.15) is 0 Å². The average molecular weight is 197 g/mol. The molecule has 0 heterocycles. The average Bonchev–Trinajstić information content (AvgIpc) is 0.811. The van der Waals surface area contributed by atoms with Crippen molar-refractivity contribution in [3.05, 3.63) is 0 Å². The molecule has 0 aliphatic heterocycles. The van der Waals surface area contributed by atoms with E-state index in [4.69, 9.17) is 5.11 Å². The second-order valence-electron chi connectivity index (χ2n) is 0.519. The molecule has 0 fully saturated rings. The number of hydrogen-bond donors (Lipinski definition) is 1. The molecule has 0 rings (SSSR count). The molecule has 0 amide bonds. The summed E-state index contributed by atoms with van der Waals surface area (Å²) in [6, 6.07) is 0. The molecule has 3 heteroatoms. The summed E-state index contributed by atoms with van der Waals surface area (Å²) >= 11 is 4.09. The fourth-order valence-corrected chi connectivity index (χ4v) is 0. The summed E-state index contributed by atoms with van der Waals surface area (Å²) in [6.07, 6.45) is 0. The van der Waals surface area contributed by atoms with Crippen LogP contribution < -0.4 is 0 Å². The predicted molar refractivity (Wildman–Crippen MR) is 29.4 cm³/mol. The molecule has 1 nitrogen and oxygen atoms in total. The summed E-state index contributed by atoms with van der Waals surface area (Å²) in [4.78, 5) is 0. The van der Waals surface area contributed by atoms with E-state index in [0.717, 1.165) is 0 Å². The molecule has 5 heavy (non-hydrogen) atoms. The summed E-state index contributed by atoms with van der Waals surface area (Å²) in [5, 5.41) is 7.79. The molecule has 30 valence electrons. The molecular formula is C2H6OSSn. The van der Waals surface area contributed by atoms with E-state index in [2.05, 4.69) is 12.2 Å². The first-order valence-electron chi connectivity index (χ1n) is 0.928. The van der Waals surface area contributed by atoms with Gasteiger partial charge in [0.2, 0.25) is 0 Å². The molecular weight excluding hydrogens is 191 g/mol. The zero-order valence-corrected chi connectivity index (χ0v) is 7.92. The second-order valence-corrected chi connectivity index (χ2v) is 1.11. The molecule has 0 atom stereocenters. The van der Waals surface area contributed by atoms with Crippen molar-refractivity contribution in [3.63, 3.8) is 0 Å². The third-order valence-electron chi connectivity index (χ3n) is 0. The molecule has 0 unspecified atom stereocenters. The van der Waals surface area contributed by atoms with E-state index in [1.807, 2.05) is 0 Å². The number of rotatable bonds is 0. The van der Waals surface area contributed by atoms with Gasteiger partial charge in [-0.15, -0.1) is 0 Å². The van der Waals surface area contributed by atoms with Crippen LogP contribution in [-0.4, -0.2) is 34.1 Å². The van der Waals surface area contributed by atoms with Crippen molar-refractivity contribution in [2.24, 2.45) is 0 Å². The van der Waals surface area contributed by atoms with Gasteiger partial charge in [-0.3, -0.25) is 0 Å². The SMILES string of the molecule is CC(O)=S.[SnH2]. The standard InChI is InChI=1S/C2H4OS.Sn.2H/c1-2(3)4;;;/h1H3,(H,3,4);;;. The van der Waals surface area contributed by atoms with Gasteiger partial charge in [0.05, 0.1) is 0 Å². The molecule has 0 spiro atoms. The summed E-state index contributed by atoms with van der Waals surface area (Å²) in [7, 11) is 0. The third-order valence-corrected chi connectivity index (χ3v) is 0. The Kier molecular flexibility index (Phi) is 8.62. The number of aliphatic hydroxyl groups is 1. The molecule has 2 radical (unpaired) electrons. The van der Waals surface area contributed by atoms with E-state index in [9.17, 15) is 0 Å². The van der Waals surface area contributed by atoms with Gasteiger partial charge in [0, 0.05) is 6.92 Å². The van der Waals surface area contributed by atoms with Crippen molar-refractivity contribution < 1.29 is 5.11 Å². The fraction of sp³-hybridized carbons (Fsp3) is 0.500. The van der Waals surface area contributed by atoms with Crippen LogP contribution in [0.3, 0.4) is 0 Å². The van der Waals surface area contributed by atoms with Gasteiger partial charge in [-0.25, -0.2) is 0 Å². The maximum absolute atomic E-state index is 7.79. The first kappa shape index (κ1) is 9.19. The first-order valence-corrected chi connectivity index (χ1v) is 1.34. The fourth-order valence-electron chi connectivity index (χ4n) is 0. The molecule has 0 aliphatic rings. The van der Waals surface area contributed by atoms with E-state index < -0.39 is 0 Å². The Bertz CT molecular complexity index is 32.6. The Labute approximate surface area is 53.3 Å². The van der Waals surface area contributed by atoms with Crippen LogP contribution in [0.25, 0.3) is 0 Å². The van der Waals surface area contributed by atoms with E-state index >= 15 is 0 Å². The number of thiocarbonyl (C=S) groups is 1.